The number of benzene rings is 1. The maximum atomic E-state index is 13.6. The van der Waals surface area contributed by atoms with Crippen molar-refractivity contribution >= 4 is 0 Å². The number of nitrogens with zero attached hydrogens (tertiary/aromatic N) is 1. The number of ether oxygens (including phenoxy) is 1. The van der Waals surface area contributed by atoms with Crippen LogP contribution >= 0.6 is 0 Å². The summed E-state index contributed by atoms with van der Waals surface area (Å²) in [6, 6.07) is 10.1. The highest BCUT2D eigenvalue weighted by Crippen LogP contribution is 2.25. The van der Waals surface area contributed by atoms with Gasteiger partial charge < -0.3 is 4.74 Å². The Balaban J connectivity index is 2.54. The van der Waals surface area contributed by atoms with Crippen molar-refractivity contribution in [2.45, 2.75) is 6.92 Å². The van der Waals surface area contributed by atoms with Gasteiger partial charge in [-0.25, -0.2) is 4.39 Å². The molecule has 82 valence electrons. The van der Waals surface area contributed by atoms with Crippen molar-refractivity contribution in [3.63, 3.8) is 0 Å². The molecule has 0 spiro atoms. The summed E-state index contributed by atoms with van der Waals surface area (Å²) in [6.07, 6.45) is 0. The molecule has 2 nitrogen and oxygen atoms in total. The molecule has 1 aromatic heterocycles. The topological polar surface area (TPSA) is 22.1 Å². The fraction of sp³-hybridized carbons (Fsp3) is 0.154. The van der Waals surface area contributed by atoms with Gasteiger partial charge in [0.2, 0.25) is 0 Å². The lowest BCUT2D eigenvalue weighted by molar-refractivity contribution is 0.414. The number of methoxy groups -OCH3 is 1. The van der Waals surface area contributed by atoms with E-state index in [1.165, 1.54) is 6.07 Å². The van der Waals surface area contributed by atoms with Crippen LogP contribution in [-0.2, 0) is 0 Å². The van der Waals surface area contributed by atoms with Crippen LogP contribution in [0.15, 0.2) is 36.4 Å². The van der Waals surface area contributed by atoms with E-state index in [0.29, 0.717) is 17.0 Å². The van der Waals surface area contributed by atoms with Crippen molar-refractivity contribution in [1.82, 2.24) is 4.98 Å². The van der Waals surface area contributed by atoms with Gasteiger partial charge in [-0.1, -0.05) is 6.07 Å². The minimum Gasteiger partial charge on any atom is -0.497 e. The fourth-order valence-electron chi connectivity index (χ4n) is 1.52. The van der Waals surface area contributed by atoms with Gasteiger partial charge >= 0.3 is 0 Å². The molecule has 2 aromatic rings. The normalized spacial score (nSPS) is 10.2. The highest BCUT2D eigenvalue weighted by molar-refractivity contribution is 5.62. The first kappa shape index (κ1) is 10.6. The van der Waals surface area contributed by atoms with Crippen LogP contribution in [0, 0.1) is 12.7 Å². The first-order valence-electron chi connectivity index (χ1n) is 4.98. The second kappa shape index (κ2) is 4.31. The monoisotopic (exact) mass is 217 g/mol. The fourth-order valence-corrected chi connectivity index (χ4v) is 1.52. The van der Waals surface area contributed by atoms with Gasteiger partial charge in [0.25, 0.3) is 0 Å². The Kier molecular flexibility index (Phi) is 2.86. The van der Waals surface area contributed by atoms with Gasteiger partial charge in [-0.05, 0) is 37.3 Å². The Labute approximate surface area is 93.7 Å². The number of halogens is 1. The molecule has 1 heterocycles. The number of hydrogen-bond acceptors (Lipinski definition) is 2. The van der Waals surface area contributed by atoms with E-state index in [4.69, 9.17) is 4.74 Å². The highest BCUT2D eigenvalue weighted by Gasteiger charge is 2.07. The van der Waals surface area contributed by atoms with Crippen molar-refractivity contribution in [3.8, 4) is 17.0 Å². The van der Waals surface area contributed by atoms with Gasteiger partial charge in [-0.15, -0.1) is 0 Å². The molecule has 0 saturated carbocycles. The van der Waals surface area contributed by atoms with E-state index < -0.39 is 0 Å². The van der Waals surface area contributed by atoms with E-state index in [1.807, 2.05) is 19.1 Å². The molecule has 0 bridgehead atoms. The lowest BCUT2D eigenvalue weighted by atomic mass is 10.1. The number of hydrogen-bond donors (Lipinski definition) is 0. The Morgan fingerprint density at radius 2 is 2.00 bits per heavy atom. The molecule has 0 radical (unpaired) electrons. The predicted molar refractivity (Wildman–Crippen MR) is 60.9 cm³/mol. The van der Waals surface area contributed by atoms with E-state index in [2.05, 4.69) is 4.98 Å². The zero-order chi connectivity index (χ0) is 11.5. The minimum absolute atomic E-state index is 0.293. The second-order valence-corrected chi connectivity index (χ2v) is 3.51. The van der Waals surface area contributed by atoms with E-state index in [0.717, 1.165) is 5.69 Å². The molecule has 0 unspecified atom stereocenters. The molecule has 16 heavy (non-hydrogen) atoms. The van der Waals surface area contributed by atoms with Gasteiger partial charge in [0.05, 0.1) is 12.8 Å². The number of aryl methyl sites for hydroxylation is 1. The van der Waals surface area contributed by atoms with Crippen molar-refractivity contribution in [2.75, 3.05) is 7.11 Å². The van der Waals surface area contributed by atoms with Gasteiger partial charge in [-0.2, -0.15) is 0 Å². The molecule has 0 amide bonds. The maximum Gasteiger partial charge on any atom is 0.132 e. The number of rotatable bonds is 2. The molecule has 0 atom stereocenters. The third-order valence-electron chi connectivity index (χ3n) is 2.34. The molecular weight excluding hydrogens is 205 g/mol. The van der Waals surface area contributed by atoms with Crippen molar-refractivity contribution in [1.29, 1.82) is 0 Å². The smallest absolute Gasteiger partial charge is 0.132 e. The Bertz CT molecular complexity index is 511. The third kappa shape index (κ3) is 2.03. The Morgan fingerprint density at radius 1 is 1.19 bits per heavy atom. The summed E-state index contributed by atoms with van der Waals surface area (Å²) in [6.45, 7) is 1.88. The lowest BCUT2D eigenvalue weighted by Crippen LogP contribution is -1.91. The van der Waals surface area contributed by atoms with Gasteiger partial charge in [-0.3, -0.25) is 4.98 Å². The highest BCUT2D eigenvalue weighted by atomic mass is 19.1. The zero-order valence-electron chi connectivity index (χ0n) is 9.20. The quantitative estimate of drug-likeness (QED) is 0.770. The van der Waals surface area contributed by atoms with Crippen LogP contribution < -0.4 is 4.74 Å². The average molecular weight is 217 g/mol. The lowest BCUT2D eigenvalue weighted by Gasteiger charge is -2.06. The van der Waals surface area contributed by atoms with Gasteiger partial charge in [0.15, 0.2) is 0 Å². The largest absolute Gasteiger partial charge is 0.497 e. The molecule has 0 N–H and O–H groups in total. The molecule has 0 aliphatic rings. The summed E-state index contributed by atoms with van der Waals surface area (Å²) in [5, 5.41) is 0. The summed E-state index contributed by atoms with van der Waals surface area (Å²) < 4.78 is 18.7. The summed E-state index contributed by atoms with van der Waals surface area (Å²) >= 11 is 0. The molecule has 0 aliphatic carbocycles. The first-order chi connectivity index (χ1) is 7.70. The van der Waals surface area contributed by atoms with E-state index in [-0.39, 0.29) is 5.82 Å². The SMILES string of the molecule is COc1ccc(F)c(-c2cccc(C)n2)c1. The number of aromatic nitrogens is 1. The molecule has 2 rings (SSSR count). The molecule has 1 aromatic carbocycles. The molecule has 3 heteroatoms. The summed E-state index contributed by atoms with van der Waals surface area (Å²) in [7, 11) is 1.56. The molecule has 0 saturated heterocycles. The summed E-state index contributed by atoms with van der Waals surface area (Å²) in [5.74, 6) is 0.332. The third-order valence-corrected chi connectivity index (χ3v) is 2.34. The Hall–Kier alpha value is -1.90. The van der Waals surface area contributed by atoms with Crippen molar-refractivity contribution < 1.29 is 9.13 Å². The summed E-state index contributed by atoms with van der Waals surface area (Å²) in [4.78, 5) is 4.28. The van der Waals surface area contributed by atoms with E-state index in [9.17, 15) is 4.39 Å². The van der Waals surface area contributed by atoms with Gasteiger partial charge in [0, 0.05) is 11.3 Å². The van der Waals surface area contributed by atoms with Crippen LogP contribution in [0.2, 0.25) is 0 Å². The van der Waals surface area contributed by atoms with E-state index in [1.54, 1.807) is 25.3 Å². The van der Waals surface area contributed by atoms with E-state index >= 15 is 0 Å². The predicted octanol–water partition coefficient (Wildman–Crippen LogP) is 3.20. The average Bonchev–Trinajstić information content (AvgIpc) is 2.30. The number of pyridine rings is 1. The van der Waals surface area contributed by atoms with Gasteiger partial charge in [0.1, 0.15) is 11.6 Å². The summed E-state index contributed by atoms with van der Waals surface area (Å²) in [5.41, 5.74) is 1.94. The Morgan fingerprint density at radius 3 is 2.69 bits per heavy atom. The zero-order valence-corrected chi connectivity index (χ0v) is 9.20. The minimum atomic E-state index is -0.293. The maximum absolute atomic E-state index is 13.6. The van der Waals surface area contributed by atoms with Crippen LogP contribution in [-0.4, -0.2) is 12.1 Å². The van der Waals surface area contributed by atoms with Crippen LogP contribution in [0.5, 0.6) is 5.75 Å². The standard InChI is InChI=1S/C13H12FNO/c1-9-4-3-5-13(15-9)11-8-10(16-2)6-7-12(11)14/h3-8H,1-2H3. The second-order valence-electron chi connectivity index (χ2n) is 3.51. The van der Waals surface area contributed by atoms with Crippen molar-refractivity contribution in [2.24, 2.45) is 0 Å². The van der Waals surface area contributed by atoms with Crippen LogP contribution in [0.4, 0.5) is 4.39 Å². The van der Waals surface area contributed by atoms with Crippen molar-refractivity contribution in [3.05, 3.63) is 47.9 Å². The molecular formula is C13H12FNO. The van der Waals surface area contributed by atoms with Crippen LogP contribution in [0.3, 0.4) is 0 Å². The molecule has 0 aliphatic heterocycles. The van der Waals surface area contributed by atoms with Crippen LogP contribution in [0.1, 0.15) is 5.69 Å². The molecule has 0 fully saturated rings. The van der Waals surface area contributed by atoms with Crippen LogP contribution in [0.25, 0.3) is 11.3 Å². The first-order valence-corrected chi connectivity index (χ1v) is 4.98.